The summed E-state index contributed by atoms with van der Waals surface area (Å²) in [5, 5.41) is 11.1. The highest BCUT2D eigenvalue weighted by Crippen LogP contribution is 2.43. The number of nitrogens with zero attached hydrogens (tertiary/aromatic N) is 1. The van der Waals surface area contributed by atoms with Gasteiger partial charge in [0.1, 0.15) is 5.60 Å². The summed E-state index contributed by atoms with van der Waals surface area (Å²) in [7, 11) is 0. The zero-order chi connectivity index (χ0) is 17.5. The Balaban J connectivity index is 2.07. The summed E-state index contributed by atoms with van der Waals surface area (Å²) in [6.45, 7) is 12.4. The lowest BCUT2D eigenvalue weighted by molar-refractivity contribution is -0.0990. The molecule has 1 amide bonds. The second kappa shape index (κ2) is 6.27. The van der Waals surface area contributed by atoms with E-state index >= 15 is 0 Å². The third kappa shape index (κ3) is 5.10. The fraction of sp³-hybridized carbons (Fsp3) is 0.947. The van der Waals surface area contributed by atoms with E-state index in [0.29, 0.717) is 12.8 Å². The van der Waals surface area contributed by atoms with Gasteiger partial charge in [-0.05, 0) is 71.1 Å². The maximum Gasteiger partial charge on any atom is 0.410 e. The molecule has 0 aliphatic carbocycles. The zero-order valence-electron chi connectivity index (χ0n) is 15.8. The lowest BCUT2D eigenvalue weighted by atomic mass is 9.72. The molecular weight excluding hydrogens is 290 g/mol. The molecule has 0 saturated carbocycles. The monoisotopic (exact) mass is 325 g/mol. The van der Waals surface area contributed by atoms with Crippen molar-refractivity contribution < 1.29 is 14.6 Å². The largest absolute Gasteiger partial charge is 0.444 e. The summed E-state index contributed by atoms with van der Waals surface area (Å²) in [6.07, 6.45) is 6.12. The maximum absolute atomic E-state index is 12.6. The molecule has 2 atom stereocenters. The molecule has 2 bridgehead atoms. The molecule has 2 aliphatic heterocycles. The van der Waals surface area contributed by atoms with Crippen molar-refractivity contribution in [2.75, 3.05) is 0 Å². The molecule has 0 aromatic carbocycles. The molecule has 134 valence electrons. The van der Waals surface area contributed by atoms with Gasteiger partial charge >= 0.3 is 6.09 Å². The Kier molecular flexibility index (Phi) is 5.06. The average molecular weight is 325 g/mol. The van der Waals surface area contributed by atoms with Gasteiger partial charge in [-0.15, -0.1) is 0 Å². The van der Waals surface area contributed by atoms with Crippen LogP contribution in [0.5, 0.6) is 0 Å². The predicted molar refractivity (Wildman–Crippen MR) is 92.4 cm³/mol. The molecule has 2 saturated heterocycles. The Morgan fingerprint density at radius 2 is 1.65 bits per heavy atom. The molecule has 23 heavy (non-hydrogen) atoms. The number of fused-ring (bicyclic) bond motifs is 2. The van der Waals surface area contributed by atoms with Crippen molar-refractivity contribution in [1.82, 2.24) is 4.90 Å². The standard InChI is InChI=1S/C19H35NO3/c1-17(2,3)10-11-19(22)12-14-8-7-9-15(13-19)20(14)16(21)23-18(4,5)6/h14-15,22H,7-13H2,1-6H3. The molecule has 2 rings (SSSR count). The normalized spacial score (nSPS) is 31.9. The van der Waals surface area contributed by atoms with Gasteiger partial charge in [-0.2, -0.15) is 0 Å². The molecule has 2 heterocycles. The summed E-state index contributed by atoms with van der Waals surface area (Å²) < 4.78 is 5.60. The second-order valence-corrected chi connectivity index (χ2v) is 9.82. The van der Waals surface area contributed by atoms with Crippen LogP contribution in [0.25, 0.3) is 0 Å². The van der Waals surface area contributed by atoms with Gasteiger partial charge in [0.15, 0.2) is 0 Å². The quantitative estimate of drug-likeness (QED) is 0.813. The number of carbonyl (C=O) groups is 1. The van der Waals surface area contributed by atoms with Gasteiger partial charge in [-0.3, -0.25) is 0 Å². The molecular formula is C19H35NO3. The first-order valence-electron chi connectivity index (χ1n) is 9.12. The van der Waals surface area contributed by atoms with Crippen LogP contribution in [0.15, 0.2) is 0 Å². The summed E-state index contributed by atoms with van der Waals surface area (Å²) >= 11 is 0. The number of piperidine rings is 2. The minimum Gasteiger partial charge on any atom is -0.444 e. The Morgan fingerprint density at radius 1 is 1.13 bits per heavy atom. The van der Waals surface area contributed by atoms with E-state index in [4.69, 9.17) is 4.74 Å². The first-order valence-corrected chi connectivity index (χ1v) is 9.12. The Bertz CT molecular complexity index is 419. The molecule has 2 aliphatic rings. The third-order valence-electron chi connectivity index (χ3n) is 5.04. The maximum atomic E-state index is 12.6. The van der Waals surface area contributed by atoms with Crippen molar-refractivity contribution >= 4 is 6.09 Å². The van der Waals surface area contributed by atoms with E-state index in [2.05, 4.69) is 20.8 Å². The van der Waals surface area contributed by atoms with Crippen LogP contribution in [0.4, 0.5) is 4.79 Å². The summed E-state index contributed by atoms with van der Waals surface area (Å²) in [4.78, 5) is 14.5. The van der Waals surface area contributed by atoms with E-state index in [1.54, 1.807) is 0 Å². The molecule has 4 heteroatoms. The van der Waals surface area contributed by atoms with E-state index in [1.807, 2.05) is 25.7 Å². The first kappa shape index (κ1) is 18.6. The van der Waals surface area contributed by atoms with Gasteiger partial charge < -0.3 is 14.7 Å². The highest BCUT2D eigenvalue weighted by molar-refractivity contribution is 5.69. The molecule has 0 aromatic rings. The molecule has 0 aromatic heterocycles. The average Bonchev–Trinajstić information content (AvgIpc) is 2.32. The van der Waals surface area contributed by atoms with Crippen molar-refractivity contribution in [3.05, 3.63) is 0 Å². The number of rotatable bonds is 2. The zero-order valence-corrected chi connectivity index (χ0v) is 15.8. The van der Waals surface area contributed by atoms with Crippen LogP contribution in [-0.2, 0) is 4.74 Å². The number of ether oxygens (including phenoxy) is 1. The van der Waals surface area contributed by atoms with Crippen LogP contribution in [0.1, 0.15) is 86.5 Å². The van der Waals surface area contributed by atoms with Crippen LogP contribution in [0.3, 0.4) is 0 Å². The number of amides is 1. The van der Waals surface area contributed by atoms with E-state index < -0.39 is 11.2 Å². The highest BCUT2D eigenvalue weighted by atomic mass is 16.6. The number of carbonyl (C=O) groups excluding carboxylic acids is 1. The minimum atomic E-state index is -0.623. The summed E-state index contributed by atoms with van der Waals surface area (Å²) in [6, 6.07) is 0.254. The summed E-state index contributed by atoms with van der Waals surface area (Å²) in [5.41, 5.74) is -0.861. The van der Waals surface area contributed by atoms with Crippen LogP contribution in [-0.4, -0.2) is 39.4 Å². The van der Waals surface area contributed by atoms with Gasteiger partial charge in [0.05, 0.1) is 5.60 Å². The SMILES string of the molecule is CC(C)(C)CCC1(O)CC2CCCC(C1)N2C(=O)OC(C)(C)C. The van der Waals surface area contributed by atoms with Gasteiger partial charge in [0.25, 0.3) is 0 Å². The Labute approximate surface area is 141 Å². The van der Waals surface area contributed by atoms with Gasteiger partial charge in [-0.1, -0.05) is 20.8 Å². The van der Waals surface area contributed by atoms with Crippen LogP contribution in [0, 0.1) is 5.41 Å². The van der Waals surface area contributed by atoms with Gasteiger partial charge in [-0.25, -0.2) is 4.79 Å². The molecule has 2 unspecified atom stereocenters. The first-order chi connectivity index (χ1) is 10.4. The van der Waals surface area contributed by atoms with Crippen molar-refractivity contribution in [3.8, 4) is 0 Å². The minimum absolute atomic E-state index is 0.127. The fourth-order valence-corrected chi connectivity index (χ4v) is 3.95. The second-order valence-electron chi connectivity index (χ2n) is 9.82. The Hall–Kier alpha value is -0.770. The van der Waals surface area contributed by atoms with E-state index in [9.17, 15) is 9.90 Å². The smallest absolute Gasteiger partial charge is 0.410 e. The third-order valence-corrected chi connectivity index (χ3v) is 5.04. The topological polar surface area (TPSA) is 49.8 Å². The lowest BCUT2D eigenvalue weighted by Gasteiger charge is -2.52. The van der Waals surface area contributed by atoms with Crippen molar-refractivity contribution in [2.24, 2.45) is 5.41 Å². The summed E-state index contributed by atoms with van der Waals surface area (Å²) in [5.74, 6) is 0. The molecule has 0 spiro atoms. The van der Waals surface area contributed by atoms with E-state index in [1.165, 1.54) is 0 Å². The van der Waals surface area contributed by atoms with Gasteiger partial charge in [0, 0.05) is 12.1 Å². The lowest BCUT2D eigenvalue weighted by Crippen LogP contribution is -2.60. The van der Waals surface area contributed by atoms with Crippen LogP contribution >= 0.6 is 0 Å². The molecule has 1 N–H and O–H groups in total. The van der Waals surface area contributed by atoms with Crippen molar-refractivity contribution in [1.29, 1.82) is 0 Å². The molecule has 4 nitrogen and oxygen atoms in total. The number of hydrogen-bond acceptors (Lipinski definition) is 3. The highest BCUT2D eigenvalue weighted by Gasteiger charge is 2.48. The number of hydrogen-bond donors (Lipinski definition) is 1. The molecule has 2 fully saturated rings. The molecule has 0 radical (unpaired) electrons. The predicted octanol–water partition coefficient (Wildman–Crippen LogP) is 4.50. The van der Waals surface area contributed by atoms with Crippen LogP contribution < -0.4 is 0 Å². The van der Waals surface area contributed by atoms with E-state index in [-0.39, 0.29) is 23.6 Å². The van der Waals surface area contributed by atoms with Crippen molar-refractivity contribution in [2.45, 2.75) is 110 Å². The Morgan fingerprint density at radius 3 is 2.09 bits per heavy atom. The van der Waals surface area contributed by atoms with Crippen molar-refractivity contribution in [3.63, 3.8) is 0 Å². The van der Waals surface area contributed by atoms with Gasteiger partial charge in [0.2, 0.25) is 0 Å². The number of aliphatic hydroxyl groups is 1. The van der Waals surface area contributed by atoms with Crippen LogP contribution in [0.2, 0.25) is 0 Å². The fourth-order valence-electron chi connectivity index (χ4n) is 3.95. The van der Waals surface area contributed by atoms with E-state index in [0.717, 1.165) is 32.1 Å².